The van der Waals surface area contributed by atoms with Gasteiger partial charge in [-0.2, -0.15) is 0 Å². The van der Waals surface area contributed by atoms with Crippen LogP contribution in [-0.2, 0) is 47.0 Å². The molecule has 6 rings (SSSR count). The normalized spacial score (nSPS) is 28.0. The lowest BCUT2D eigenvalue weighted by Gasteiger charge is -2.30. The Morgan fingerprint density at radius 2 is 1.67 bits per heavy atom. The number of halogens is 2. The molecule has 3 N–H and O–H groups in total. The number of carbonyl (C=O) groups is 5. The molecule has 3 aliphatic heterocycles. The number of nitrogens with one attached hydrogen (secondary N) is 3. The lowest BCUT2D eigenvalue weighted by molar-refractivity contribution is -0.141. The van der Waals surface area contributed by atoms with Crippen molar-refractivity contribution in [3.05, 3.63) is 45.5 Å². The minimum atomic E-state index is -3.91. The summed E-state index contributed by atoms with van der Waals surface area (Å²) in [6.07, 6.45) is 5.29. The Bertz CT molecular complexity index is 1750. The molecule has 1 aromatic rings. The van der Waals surface area contributed by atoms with Gasteiger partial charge in [0.15, 0.2) is 0 Å². The largest absolute Gasteiger partial charge is 0.444 e. The average molecular weight is 783 g/mol. The van der Waals surface area contributed by atoms with Crippen molar-refractivity contribution in [3.63, 3.8) is 0 Å². The fourth-order valence-corrected chi connectivity index (χ4v) is 8.90. The van der Waals surface area contributed by atoms with E-state index in [1.165, 1.54) is 9.80 Å². The Labute approximate surface area is 313 Å². The first-order valence-electron chi connectivity index (χ1n) is 17.7. The maximum absolute atomic E-state index is 14.3. The lowest BCUT2D eigenvalue weighted by Crippen LogP contribution is -2.58. The molecule has 1 saturated heterocycles. The molecule has 3 heterocycles. The van der Waals surface area contributed by atoms with Crippen molar-refractivity contribution >= 4 is 63.1 Å². The molecule has 5 amide bonds. The van der Waals surface area contributed by atoms with Crippen LogP contribution < -0.4 is 15.4 Å². The van der Waals surface area contributed by atoms with E-state index in [0.29, 0.717) is 46.9 Å². The molecule has 17 heteroatoms. The van der Waals surface area contributed by atoms with Gasteiger partial charge in [0.2, 0.25) is 21.8 Å². The number of sulfonamides is 1. The first-order chi connectivity index (χ1) is 24.5. The van der Waals surface area contributed by atoms with Crippen molar-refractivity contribution in [3.8, 4) is 0 Å². The summed E-state index contributed by atoms with van der Waals surface area (Å²) >= 11 is 12.7. The molecule has 0 aromatic heterocycles. The highest BCUT2D eigenvalue weighted by Gasteiger charge is 2.62. The van der Waals surface area contributed by atoms with Crippen LogP contribution in [0.5, 0.6) is 0 Å². The second-order valence-electron chi connectivity index (χ2n) is 15.3. The highest BCUT2D eigenvalue weighted by atomic mass is 35.5. The van der Waals surface area contributed by atoms with Gasteiger partial charge in [0, 0.05) is 22.4 Å². The fourth-order valence-electron chi connectivity index (χ4n) is 7.06. The van der Waals surface area contributed by atoms with Crippen molar-refractivity contribution in [2.45, 2.75) is 126 Å². The summed E-state index contributed by atoms with van der Waals surface area (Å²) in [6, 6.07) is 1.03. The zero-order valence-corrected chi connectivity index (χ0v) is 31.7. The van der Waals surface area contributed by atoms with Crippen LogP contribution in [0, 0.1) is 5.92 Å². The molecule has 0 bridgehead atoms. The molecular formula is C35H45Cl2N5O9S. The van der Waals surface area contributed by atoms with E-state index in [1.54, 1.807) is 32.9 Å². The molecular weight excluding hydrogens is 737 g/mol. The number of hydrogen-bond acceptors (Lipinski definition) is 9. The second kappa shape index (κ2) is 14.7. The number of hydrogen-bond donors (Lipinski definition) is 3. The number of rotatable bonds is 5. The van der Waals surface area contributed by atoms with Gasteiger partial charge in [-0.1, -0.05) is 48.2 Å². The van der Waals surface area contributed by atoms with E-state index >= 15 is 0 Å². The van der Waals surface area contributed by atoms with E-state index in [2.05, 4.69) is 15.4 Å². The maximum Gasteiger partial charge on any atom is 0.410 e. The van der Waals surface area contributed by atoms with Gasteiger partial charge in [-0.05, 0) is 82.6 Å². The van der Waals surface area contributed by atoms with Crippen LogP contribution in [0.15, 0.2) is 24.3 Å². The smallest absolute Gasteiger partial charge is 0.410 e. The number of amides is 5. The minimum Gasteiger partial charge on any atom is -0.444 e. The predicted octanol–water partition coefficient (Wildman–Crippen LogP) is 4.31. The molecule has 5 aliphatic rings. The van der Waals surface area contributed by atoms with Gasteiger partial charge in [-0.25, -0.2) is 18.0 Å². The topological polar surface area (TPSA) is 181 Å². The van der Waals surface area contributed by atoms with Crippen molar-refractivity contribution < 1.29 is 41.9 Å². The summed E-state index contributed by atoms with van der Waals surface area (Å²) in [5.74, 6) is -2.58. The summed E-state index contributed by atoms with van der Waals surface area (Å²) < 4.78 is 39.0. The van der Waals surface area contributed by atoms with Crippen molar-refractivity contribution in [1.29, 1.82) is 0 Å². The maximum atomic E-state index is 14.3. The molecule has 284 valence electrons. The molecule has 3 fully saturated rings. The third-order valence-electron chi connectivity index (χ3n) is 10.1. The first-order valence-corrected chi connectivity index (χ1v) is 20.0. The summed E-state index contributed by atoms with van der Waals surface area (Å²) in [4.78, 5) is 71.2. The molecule has 0 unspecified atom stereocenters. The molecule has 2 aliphatic carbocycles. The Morgan fingerprint density at radius 3 is 2.31 bits per heavy atom. The third-order valence-corrected chi connectivity index (χ3v) is 12.6. The minimum absolute atomic E-state index is 0.108. The SMILES string of the molecule is CC(C)(C)OC(=O)N[C@@H]1CCCCCC=C[C@@H]2C[C@@]2(C(=O)NS(=O)(=O)C2CC2)NC(=O)[C@@H]2C[C@@H](OC(=O)N3Cc4c(Cl)ccc(Cl)c4C3)CN2C1=O. The first kappa shape index (κ1) is 38.2. The van der Waals surface area contributed by atoms with E-state index < -0.39 is 80.4 Å². The van der Waals surface area contributed by atoms with Crippen molar-refractivity contribution in [2.75, 3.05) is 6.54 Å². The molecule has 0 radical (unpaired) electrons. The van der Waals surface area contributed by atoms with E-state index in [-0.39, 0.29) is 38.9 Å². The molecule has 1 aromatic carbocycles. The summed E-state index contributed by atoms with van der Waals surface area (Å²) in [5, 5.41) is 5.75. The highest BCUT2D eigenvalue weighted by molar-refractivity contribution is 7.91. The van der Waals surface area contributed by atoms with Gasteiger partial charge >= 0.3 is 12.2 Å². The summed E-state index contributed by atoms with van der Waals surface area (Å²) in [5.41, 5.74) is -0.971. The zero-order valence-electron chi connectivity index (χ0n) is 29.4. The summed E-state index contributed by atoms with van der Waals surface area (Å²) in [6.45, 7) is 5.25. The number of ether oxygens (including phenoxy) is 2. The van der Waals surface area contributed by atoms with E-state index in [4.69, 9.17) is 32.7 Å². The van der Waals surface area contributed by atoms with Gasteiger partial charge in [0.05, 0.1) is 24.9 Å². The lowest BCUT2D eigenvalue weighted by atomic mass is 10.0. The predicted molar refractivity (Wildman–Crippen MR) is 191 cm³/mol. The number of carbonyl (C=O) groups excluding carboxylic acids is 5. The number of nitrogens with zero attached hydrogens (tertiary/aromatic N) is 2. The van der Waals surface area contributed by atoms with Gasteiger partial charge in [0.25, 0.3) is 5.91 Å². The summed E-state index contributed by atoms with van der Waals surface area (Å²) in [7, 11) is -3.91. The number of alkyl carbamates (subject to hydrolysis) is 1. The quantitative estimate of drug-likeness (QED) is 0.367. The molecule has 52 heavy (non-hydrogen) atoms. The Hall–Kier alpha value is -3.56. The molecule has 2 saturated carbocycles. The van der Waals surface area contributed by atoms with Gasteiger partial charge in [-0.15, -0.1) is 0 Å². The van der Waals surface area contributed by atoms with E-state index in [9.17, 15) is 32.4 Å². The van der Waals surface area contributed by atoms with Crippen LogP contribution in [-0.4, -0.2) is 89.2 Å². The molecule has 0 spiro atoms. The zero-order chi connectivity index (χ0) is 37.6. The van der Waals surface area contributed by atoms with Crippen LogP contribution in [0.2, 0.25) is 10.0 Å². The van der Waals surface area contributed by atoms with Crippen LogP contribution in [0.4, 0.5) is 9.59 Å². The monoisotopic (exact) mass is 781 g/mol. The molecule has 5 atom stereocenters. The number of benzene rings is 1. The number of fused-ring (bicyclic) bond motifs is 3. The Morgan fingerprint density at radius 1 is 1.00 bits per heavy atom. The van der Waals surface area contributed by atoms with Gasteiger partial charge in [-0.3, -0.25) is 24.0 Å². The Balaban J connectivity index is 1.25. The van der Waals surface area contributed by atoms with E-state index in [1.807, 2.05) is 12.2 Å². The van der Waals surface area contributed by atoms with Crippen LogP contribution in [0.25, 0.3) is 0 Å². The average Bonchev–Trinajstić information content (AvgIpc) is 3.94. The second-order valence-corrected chi connectivity index (χ2v) is 18.1. The Kier molecular flexibility index (Phi) is 10.8. The highest BCUT2D eigenvalue weighted by Crippen LogP contribution is 2.46. The fraction of sp³-hybridized carbons (Fsp3) is 0.629. The van der Waals surface area contributed by atoms with Crippen LogP contribution in [0.3, 0.4) is 0 Å². The molecule has 14 nitrogen and oxygen atoms in total. The number of allylic oxidation sites excluding steroid dienone is 1. The van der Waals surface area contributed by atoms with Gasteiger partial charge in [0.1, 0.15) is 29.3 Å². The van der Waals surface area contributed by atoms with Gasteiger partial charge < -0.3 is 25.0 Å². The van der Waals surface area contributed by atoms with Crippen LogP contribution in [0.1, 0.15) is 89.7 Å². The van der Waals surface area contributed by atoms with Crippen molar-refractivity contribution in [1.82, 2.24) is 25.2 Å². The van der Waals surface area contributed by atoms with E-state index in [0.717, 1.165) is 12.8 Å². The standard InChI is InChI=1S/C35H45Cl2N5O9S/c1-34(2,3)51-32(46)38-27-10-8-6-4-5-7-9-20-16-35(20,31(45)40-52(48,49)22-11-12-22)39-29(43)28-15-21(17-42(28)30(27)44)50-33(47)41-18-23-24(19-41)26(37)14-13-25(23)36/h7,9,13-14,20-22,27-28H,4-6,8,10-12,15-19H2,1-3H3,(H,38,46)(H,39,43)(H,40,45)/t20-,21-,27-,28+,35-/m1/s1. The third kappa shape index (κ3) is 8.46. The van der Waals surface area contributed by atoms with Crippen molar-refractivity contribution in [2.24, 2.45) is 5.92 Å². The van der Waals surface area contributed by atoms with Crippen LogP contribution >= 0.6 is 23.2 Å².